The van der Waals surface area contributed by atoms with Crippen molar-refractivity contribution in [2.24, 2.45) is 11.7 Å². The van der Waals surface area contributed by atoms with Crippen LogP contribution in [-0.4, -0.2) is 57.6 Å². The number of fused-ring (bicyclic) bond motifs is 1. The van der Waals surface area contributed by atoms with Gasteiger partial charge in [0.25, 0.3) is 0 Å². The van der Waals surface area contributed by atoms with E-state index in [2.05, 4.69) is 43.7 Å². The second-order valence-corrected chi connectivity index (χ2v) is 9.36. The molecule has 1 saturated carbocycles. The largest absolute Gasteiger partial charge is 0.368 e. The molecule has 0 radical (unpaired) electrons. The van der Waals surface area contributed by atoms with Crippen molar-refractivity contribution < 1.29 is 9.18 Å². The van der Waals surface area contributed by atoms with Crippen molar-refractivity contribution in [3.8, 4) is 16.9 Å². The lowest BCUT2D eigenvalue weighted by Crippen LogP contribution is -2.53. The maximum absolute atomic E-state index is 14.1. The summed E-state index contributed by atoms with van der Waals surface area (Å²) in [6.07, 6.45) is 7.33. The summed E-state index contributed by atoms with van der Waals surface area (Å²) in [5.41, 5.74) is 10.7. The first-order chi connectivity index (χ1) is 17.1. The van der Waals surface area contributed by atoms with Crippen molar-refractivity contribution >= 4 is 22.5 Å². The number of nitrogens with two attached hydrogens (primary N) is 1. The molecule has 7 nitrogen and oxygen atoms in total. The van der Waals surface area contributed by atoms with E-state index in [9.17, 15) is 9.18 Å². The Morgan fingerprint density at radius 2 is 1.74 bits per heavy atom. The number of piperazine rings is 1. The van der Waals surface area contributed by atoms with Crippen molar-refractivity contribution in [3.63, 3.8) is 0 Å². The van der Waals surface area contributed by atoms with E-state index in [0.717, 1.165) is 59.5 Å². The molecule has 1 saturated heterocycles. The zero-order valence-electron chi connectivity index (χ0n) is 19.3. The molecule has 0 bridgehead atoms. The molecule has 35 heavy (non-hydrogen) atoms. The molecule has 2 fully saturated rings. The molecule has 178 valence electrons. The number of carbonyl (C=O) groups is 1. The second kappa shape index (κ2) is 8.78. The fourth-order valence-corrected chi connectivity index (χ4v) is 4.95. The maximum atomic E-state index is 14.1. The van der Waals surface area contributed by atoms with Crippen molar-refractivity contribution in [3.05, 3.63) is 73.1 Å². The van der Waals surface area contributed by atoms with E-state index in [-0.39, 0.29) is 17.8 Å². The quantitative estimate of drug-likeness (QED) is 0.482. The zero-order chi connectivity index (χ0) is 23.9. The van der Waals surface area contributed by atoms with Gasteiger partial charge in [-0.1, -0.05) is 0 Å². The normalized spacial score (nSPS) is 17.1. The van der Waals surface area contributed by atoms with E-state index in [1.165, 1.54) is 12.4 Å². The fraction of sp³-hybridized carbons (Fsp3) is 0.296. The highest BCUT2D eigenvalue weighted by molar-refractivity contribution is 5.96. The predicted molar refractivity (Wildman–Crippen MR) is 134 cm³/mol. The van der Waals surface area contributed by atoms with Crippen LogP contribution < -0.4 is 10.6 Å². The molecule has 1 amide bonds. The molecule has 1 aliphatic carbocycles. The van der Waals surface area contributed by atoms with Gasteiger partial charge in [0.05, 0.1) is 17.3 Å². The summed E-state index contributed by atoms with van der Waals surface area (Å²) in [5, 5.41) is 0.804. The number of amides is 1. The Bertz CT molecular complexity index is 1360. The van der Waals surface area contributed by atoms with Gasteiger partial charge in [-0.15, -0.1) is 0 Å². The lowest BCUT2D eigenvalue weighted by atomic mass is 10.1. The molecule has 1 atom stereocenters. The van der Waals surface area contributed by atoms with E-state index in [4.69, 9.17) is 5.73 Å². The lowest BCUT2D eigenvalue weighted by molar-refractivity contribution is -0.133. The number of halogens is 1. The van der Waals surface area contributed by atoms with Crippen LogP contribution in [0.1, 0.15) is 12.8 Å². The van der Waals surface area contributed by atoms with Crippen LogP contribution in [0.25, 0.3) is 27.8 Å². The molecule has 2 aromatic heterocycles. The molecule has 2 N–H and O–H groups in total. The summed E-state index contributed by atoms with van der Waals surface area (Å²) in [6.45, 7) is 2.95. The Kier molecular flexibility index (Phi) is 5.45. The van der Waals surface area contributed by atoms with Gasteiger partial charge in [0.2, 0.25) is 5.91 Å². The van der Waals surface area contributed by atoms with E-state index in [1.54, 1.807) is 18.3 Å². The highest BCUT2D eigenvalue weighted by atomic mass is 19.1. The van der Waals surface area contributed by atoms with Crippen LogP contribution in [0.2, 0.25) is 0 Å². The van der Waals surface area contributed by atoms with E-state index in [0.29, 0.717) is 19.0 Å². The number of rotatable bonds is 5. The minimum Gasteiger partial charge on any atom is -0.368 e. The van der Waals surface area contributed by atoms with Gasteiger partial charge in [0, 0.05) is 60.9 Å². The Balaban J connectivity index is 1.23. The van der Waals surface area contributed by atoms with Crippen LogP contribution in [-0.2, 0) is 4.79 Å². The molecule has 4 aromatic rings. The molecule has 6 rings (SSSR count). The first-order valence-electron chi connectivity index (χ1n) is 12.1. The number of benzene rings is 2. The third kappa shape index (κ3) is 4.14. The number of carbonyl (C=O) groups excluding carboxylic acids is 1. The van der Waals surface area contributed by atoms with Crippen LogP contribution >= 0.6 is 0 Å². The SMILES string of the molecule is N[C@H](C(=O)N1CCN(c2ccc(-n3cc(-c4ccncn4)c4cc(F)ccc43)cc2)CC1)C1CC1. The average Bonchev–Trinajstić information content (AvgIpc) is 3.69. The van der Waals surface area contributed by atoms with Gasteiger partial charge in [0.1, 0.15) is 12.1 Å². The van der Waals surface area contributed by atoms with E-state index >= 15 is 0 Å². The minimum atomic E-state index is -0.335. The molecule has 3 heterocycles. The Morgan fingerprint density at radius 1 is 1.00 bits per heavy atom. The number of nitrogens with zero attached hydrogens (tertiary/aromatic N) is 5. The van der Waals surface area contributed by atoms with Crippen molar-refractivity contribution in [1.29, 1.82) is 0 Å². The van der Waals surface area contributed by atoms with Crippen molar-refractivity contribution in [2.75, 3.05) is 31.1 Å². The zero-order valence-corrected chi connectivity index (χ0v) is 19.3. The van der Waals surface area contributed by atoms with Gasteiger partial charge in [-0.05, 0) is 67.3 Å². The highest BCUT2D eigenvalue weighted by Crippen LogP contribution is 2.34. The van der Waals surface area contributed by atoms with Crippen LogP contribution in [0.3, 0.4) is 0 Å². The van der Waals surface area contributed by atoms with Crippen molar-refractivity contribution in [2.45, 2.75) is 18.9 Å². The summed E-state index contributed by atoms with van der Waals surface area (Å²) in [6, 6.07) is 14.7. The Labute approximate surface area is 203 Å². The molecule has 1 aliphatic heterocycles. The van der Waals surface area contributed by atoms with Gasteiger partial charge < -0.3 is 20.1 Å². The van der Waals surface area contributed by atoms with Gasteiger partial charge >= 0.3 is 0 Å². The first kappa shape index (κ1) is 21.7. The average molecular weight is 471 g/mol. The summed E-state index contributed by atoms with van der Waals surface area (Å²) < 4.78 is 16.1. The smallest absolute Gasteiger partial charge is 0.239 e. The van der Waals surface area contributed by atoms with Gasteiger partial charge in [-0.2, -0.15) is 0 Å². The van der Waals surface area contributed by atoms with Crippen LogP contribution in [0, 0.1) is 11.7 Å². The van der Waals surface area contributed by atoms with Crippen LogP contribution in [0.5, 0.6) is 0 Å². The van der Waals surface area contributed by atoms with E-state index in [1.807, 2.05) is 17.2 Å². The summed E-state index contributed by atoms with van der Waals surface area (Å²) in [5.74, 6) is 0.193. The topological polar surface area (TPSA) is 80.3 Å². The monoisotopic (exact) mass is 470 g/mol. The molecule has 2 aliphatic rings. The summed E-state index contributed by atoms with van der Waals surface area (Å²) >= 11 is 0. The molecule has 0 spiro atoms. The van der Waals surface area contributed by atoms with Gasteiger partial charge in [0.15, 0.2) is 0 Å². The number of anilines is 1. The standard InChI is InChI=1S/C27H27FN6O/c28-19-3-8-25-22(15-19)23(24-9-10-30-17-31-24)16-34(25)21-6-4-20(5-7-21)32-11-13-33(14-12-32)27(35)26(29)18-1-2-18/h3-10,15-18,26H,1-2,11-14,29H2/t26-/m0/s1. The number of hydrogen-bond acceptors (Lipinski definition) is 5. The molecule has 2 aromatic carbocycles. The summed E-state index contributed by atoms with van der Waals surface area (Å²) in [7, 11) is 0. The first-order valence-corrected chi connectivity index (χ1v) is 12.1. The lowest BCUT2D eigenvalue weighted by Gasteiger charge is -2.37. The molecule has 0 unspecified atom stereocenters. The highest BCUT2D eigenvalue weighted by Gasteiger charge is 2.36. The third-order valence-corrected chi connectivity index (χ3v) is 7.12. The molecular formula is C27H27FN6O. The van der Waals surface area contributed by atoms with Crippen LogP contribution in [0.4, 0.5) is 10.1 Å². The Morgan fingerprint density at radius 3 is 2.43 bits per heavy atom. The summed E-state index contributed by atoms with van der Waals surface area (Å²) in [4.78, 5) is 25.2. The third-order valence-electron chi connectivity index (χ3n) is 7.12. The Hall–Kier alpha value is -3.78. The second-order valence-electron chi connectivity index (χ2n) is 9.36. The van der Waals surface area contributed by atoms with E-state index < -0.39 is 0 Å². The molecular weight excluding hydrogens is 443 g/mol. The van der Waals surface area contributed by atoms with Crippen LogP contribution in [0.15, 0.2) is 67.3 Å². The van der Waals surface area contributed by atoms with Crippen molar-refractivity contribution in [1.82, 2.24) is 19.4 Å². The minimum absolute atomic E-state index is 0.0953. The number of hydrogen-bond donors (Lipinski definition) is 1. The van der Waals surface area contributed by atoms with Gasteiger partial charge in [-0.25, -0.2) is 14.4 Å². The number of aromatic nitrogens is 3. The predicted octanol–water partition coefficient (Wildman–Crippen LogP) is 3.61. The molecule has 8 heteroatoms. The fourth-order valence-electron chi connectivity index (χ4n) is 4.95. The van der Waals surface area contributed by atoms with Gasteiger partial charge in [-0.3, -0.25) is 4.79 Å². The maximum Gasteiger partial charge on any atom is 0.239 e.